The molecule has 0 bridgehead atoms. The van der Waals surface area contributed by atoms with Gasteiger partial charge in [-0.3, -0.25) is 24.3 Å². The second-order valence-electron chi connectivity index (χ2n) is 8.69. The SMILES string of the molecule is O=C1[C@@H]2C[C@@H](O)CN2C2(CN(Cc3ccccc3F)C2)C(=O)N1Cc1cccc(Cl)c1. The van der Waals surface area contributed by atoms with Gasteiger partial charge in [-0.2, -0.15) is 0 Å². The number of hydrogen-bond donors (Lipinski definition) is 1. The molecule has 3 aliphatic heterocycles. The fourth-order valence-electron chi connectivity index (χ4n) is 5.13. The second kappa shape index (κ2) is 7.67. The van der Waals surface area contributed by atoms with Crippen LogP contribution in [-0.4, -0.2) is 68.9 Å². The molecule has 2 aromatic carbocycles. The Bertz CT molecular complexity index is 1040. The third-order valence-corrected chi connectivity index (χ3v) is 6.81. The van der Waals surface area contributed by atoms with Crippen LogP contribution < -0.4 is 0 Å². The number of benzene rings is 2. The summed E-state index contributed by atoms with van der Waals surface area (Å²) in [5, 5.41) is 10.8. The first kappa shape index (κ1) is 20.6. The van der Waals surface area contributed by atoms with Crippen LogP contribution in [0.1, 0.15) is 17.5 Å². The number of carbonyl (C=O) groups is 2. The number of carbonyl (C=O) groups excluding carboxylic acids is 2. The summed E-state index contributed by atoms with van der Waals surface area (Å²) in [5.74, 6) is -0.807. The molecule has 5 rings (SSSR count). The van der Waals surface area contributed by atoms with Crippen LogP contribution in [0.2, 0.25) is 5.02 Å². The summed E-state index contributed by atoms with van der Waals surface area (Å²) in [5.41, 5.74) is 0.476. The van der Waals surface area contributed by atoms with Crippen molar-refractivity contribution in [2.24, 2.45) is 0 Å². The highest BCUT2D eigenvalue weighted by molar-refractivity contribution is 6.30. The number of rotatable bonds is 4. The molecule has 2 atom stereocenters. The Hall–Kier alpha value is -2.32. The van der Waals surface area contributed by atoms with E-state index in [9.17, 15) is 19.1 Å². The smallest absolute Gasteiger partial charge is 0.252 e. The molecule has 2 amide bonds. The molecule has 8 heteroatoms. The number of halogens is 2. The molecule has 1 N–H and O–H groups in total. The van der Waals surface area contributed by atoms with Gasteiger partial charge in [-0.05, 0) is 30.2 Å². The second-order valence-corrected chi connectivity index (χ2v) is 9.12. The molecule has 0 aromatic heterocycles. The highest BCUT2D eigenvalue weighted by Gasteiger charge is 2.64. The molecule has 0 saturated carbocycles. The third kappa shape index (κ3) is 3.46. The van der Waals surface area contributed by atoms with Crippen molar-refractivity contribution in [3.05, 3.63) is 70.5 Å². The molecule has 3 fully saturated rings. The summed E-state index contributed by atoms with van der Waals surface area (Å²) in [6, 6.07) is 13.2. The van der Waals surface area contributed by atoms with Crippen LogP contribution in [0.15, 0.2) is 48.5 Å². The molecule has 2 aromatic rings. The van der Waals surface area contributed by atoms with Crippen molar-refractivity contribution in [1.29, 1.82) is 0 Å². The summed E-state index contributed by atoms with van der Waals surface area (Å²) in [6.45, 7) is 1.62. The third-order valence-electron chi connectivity index (χ3n) is 6.57. The highest BCUT2D eigenvalue weighted by atomic mass is 35.5. The van der Waals surface area contributed by atoms with Gasteiger partial charge in [-0.1, -0.05) is 41.9 Å². The summed E-state index contributed by atoms with van der Waals surface area (Å²) < 4.78 is 14.1. The number of aliphatic hydroxyl groups is 1. The van der Waals surface area contributed by atoms with Crippen molar-refractivity contribution in [2.45, 2.75) is 37.2 Å². The highest BCUT2D eigenvalue weighted by Crippen LogP contribution is 2.41. The number of piperazine rings is 1. The molecule has 31 heavy (non-hydrogen) atoms. The molecule has 6 nitrogen and oxygen atoms in total. The Kier molecular flexibility index (Phi) is 5.09. The molecular weight excluding hydrogens is 421 g/mol. The van der Waals surface area contributed by atoms with Gasteiger partial charge in [-0.15, -0.1) is 0 Å². The molecular formula is C23H23ClFN3O3. The van der Waals surface area contributed by atoms with Gasteiger partial charge in [0.15, 0.2) is 0 Å². The van der Waals surface area contributed by atoms with Crippen LogP contribution in [0.3, 0.4) is 0 Å². The molecule has 0 unspecified atom stereocenters. The van der Waals surface area contributed by atoms with Crippen LogP contribution in [0.5, 0.6) is 0 Å². The zero-order valence-electron chi connectivity index (χ0n) is 16.9. The minimum Gasteiger partial charge on any atom is -0.392 e. The van der Waals surface area contributed by atoms with Crippen molar-refractivity contribution in [1.82, 2.24) is 14.7 Å². The molecule has 3 heterocycles. The quantitative estimate of drug-likeness (QED) is 0.733. The lowest BCUT2D eigenvalue weighted by atomic mass is 9.82. The van der Waals surface area contributed by atoms with Crippen molar-refractivity contribution in [3.63, 3.8) is 0 Å². The first-order valence-corrected chi connectivity index (χ1v) is 10.8. The van der Waals surface area contributed by atoms with Gasteiger partial charge in [0.05, 0.1) is 18.7 Å². The standard InChI is InChI=1S/C23H23ClFN3O3/c24-17-6-3-4-15(8-17)10-27-21(30)20-9-18(29)12-28(20)23(22(27)31)13-26(14-23)11-16-5-1-2-7-19(16)25/h1-8,18,20,29H,9-14H2/t18-,20+/m1/s1. The number of imide groups is 1. The Balaban J connectivity index is 1.40. The predicted octanol–water partition coefficient (Wildman–Crippen LogP) is 2.04. The average molecular weight is 444 g/mol. The van der Waals surface area contributed by atoms with Gasteiger partial charge >= 0.3 is 0 Å². The van der Waals surface area contributed by atoms with Crippen LogP contribution >= 0.6 is 11.6 Å². The van der Waals surface area contributed by atoms with E-state index in [4.69, 9.17) is 11.6 Å². The van der Waals surface area contributed by atoms with Crippen molar-refractivity contribution in [3.8, 4) is 0 Å². The van der Waals surface area contributed by atoms with E-state index in [1.807, 2.05) is 15.9 Å². The van der Waals surface area contributed by atoms with Gasteiger partial charge in [0.25, 0.3) is 5.91 Å². The Morgan fingerprint density at radius 3 is 2.61 bits per heavy atom. The van der Waals surface area contributed by atoms with E-state index < -0.39 is 17.7 Å². The Labute approximate surface area is 184 Å². The Morgan fingerprint density at radius 1 is 1.10 bits per heavy atom. The number of nitrogens with zero attached hydrogens (tertiary/aromatic N) is 3. The monoisotopic (exact) mass is 443 g/mol. The topological polar surface area (TPSA) is 64.1 Å². The number of aliphatic hydroxyl groups excluding tert-OH is 1. The van der Waals surface area contributed by atoms with E-state index in [-0.39, 0.29) is 24.2 Å². The van der Waals surface area contributed by atoms with Crippen LogP contribution in [0.4, 0.5) is 4.39 Å². The summed E-state index contributed by atoms with van der Waals surface area (Å²) in [6.07, 6.45) is -0.335. The van der Waals surface area contributed by atoms with Gasteiger partial charge in [0, 0.05) is 36.8 Å². The van der Waals surface area contributed by atoms with E-state index in [0.29, 0.717) is 43.2 Å². The van der Waals surface area contributed by atoms with Crippen LogP contribution in [0, 0.1) is 5.82 Å². The number of β-amino-alcohol motifs (C(OH)–C–C–N with tert-alkyl or cyclic N) is 1. The van der Waals surface area contributed by atoms with Gasteiger partial charge < -0.3 is 5.11 Å². The maximum Gasteiger partial charge on any atom is 0.252 e. The molecule has 0 aliphatic carbocycles. The molecule has 162 valence electrons. The first-order valence-electron chi connectivity index (χ1n) is 10.4. The van der Waals surface area contributed by atoms with E-state index in [0.717, 1.165) is 5.56 Å². The van der Waals surface area contributed by atoms with Crippen LogP contribution in [0.25, 0.3) is 0 Å². The first-order chi connectivity index (χ1) is 14.9. The van der Waals surface area contributed by atoms with E-state index in [1.165, 1.54) is 11.0 Å². The largest absolute Gasteiger partial charge is 0.392 e. The van der Waals surface area contributed by atoms with Crippen molar-refractivity contribution < 1.29 is 19.1 Å². The zero-order valence-corrected chi connectivity index (χ0v) is 17.6. The number of likely N-dealkylation sites (tertiary alicyclic amines) is 1. The lowest BCUT2D eigenvalue weighted by Crippen LogP contribution is -2.81. The van der Waals surface area contributed by atoms with Gasteiger partial charge in [0.2, 0.25) is 5.91 Å². The molecule has 1 spiro atoms. The fraction of sp³-hybridized carbons (Fsp3) is 0.391. The van der Waals surface area contributed by atoms with E-state index in [2.05, 4.69) is 0 Å². The van der Waals surface area contributed by atoms with Gasteiger partial charge in [0.1, 0.15) is 11.4 Å². The summed E-state index contributed by atoms with van der Waals surface area (Å²) >= 11 is 6.08. The minimum atomic E-state index is -0.875. The predicted molar refractivity (Wildman–Crippen MR) is 113 cm³/mol. The van der Waals surface area contributed by atoms with Gasteiger partial charge in [-0.25, -0.2) is 4.39 Å². The maximum absolute atomic E-state index is 14.1. The molecule has 3 saturated heterocycles. The van der Waals surface area contributed by atoms with Crippen molar-refractivity contribution >= 4 is 23.4 Å². The fourth-order valence-corrected chi connectivity index (χ4v) is 5.35. The molecule has 3 aliphatic rings. The summed E-state index contributed by atoms with van der Waals surface area (Å²) in [4.78, 5) is 31.9. The number of amides is 2. The lowest BCUT2D eigenvalue weighted by Gasteiger charge is -2.58. The number of hydrogen-bond acceptors (Lipinski definition) is 5. The number of fused-ring (bicyclic) bond motifs is 2. The molecule has 0 radical (unpaired) electrons. The van der Waals surface area contributed by atoms with E-state index >= 15 is 0 Å². The minimum absolute atomic E-state index is 0.147. The maximum atomic E-state index is 14.1. The normalized spacial score (nSPS) is 25.7. The summed E-state index contributed by atoms with van der Waals surface area (Å²) in [7, 11) is 0. The lowest BCUT2D eigenvalue weighted by molar-refractivity contribution is -0.181. The average Bonchev–Trinajstić information content (AvgIpc) is 3.10. The van der Waals surface area contributed by atoms with Crippen molar-refractivity contribution in [2.75, 3.05) is 19.6 Å². The van der Waals surface area contributed by atoms with Crippen LogP contribution in [-0.2, 0) is 22.7 Å². The Morgan fingerprint density at radius 2 is 1.87 bits per heavy atom. The van der Waals surface area contributed by atoms with E-state index in [1.54, 1.807) is 36.4 Å². The zero-order chi connectivity index (χ0) is 21.8.